The number of pyridine rings is 1. The van der Waals surface area contributed by atoms with Crippen molar-refractivity contribution >= 4 is 11.8 Å². The van der Waals surface area contributed by atoms with Crippen molar-refractivity contribution in [3.05, 3.63) is 30.1 Å². The standard InChI is InChI=1S/C19H26N4O2/c24-18(21-9-16-4-1-2-7-20-16)13-22-10-14-8-15(12-22)17-5-3-6-19(25)23(17)11-14/h1-2,4,7,14-15,17H,3,5-6,8-13H2,(H,21,24)/t14?,15?,17-/m1/s1. The van der Waals surface area contributed by atoms with Crippen LogP contribution in [0.4, 0.5) is 0 Å². The molecule has 1 N–H and O–H groups in total. The number of nitrogens with zero attached hydrogens (tertiary/aromatic N) is 3. The van der Waals surface area contributed by atoms with Gasteiger partial charge in [-0.05, 0) is 43.2 Å². The maximum Gasteiger partial charge on any atom is 0.234 e. The van der Waals surface area contributed by atoms with Gasteiger partial charge in [-0.1, -0.05) is 6.07 Å². The van der Waals surface area contributed by atoms with Crippen molar-refractivity contribution in [2.24, 2.45) is 11.8 Å². The molecule has 6 nitrogen and oxygen atoms in total. The van der Waals surface area contributed by atoms with Crippen LogP contribution in [0.5, 0.6) is 0 Å². The lowest BCUT2D eigenvalue weighted by atomic mass is 9.76. The van der Waals surface area contributed by atoms with E-state index in [0.29, 0.717) is 36.9 Å². The van der Waals surface area contributed by atoms with E-state index in [-0.39, 0.29) is 5.91 Å². The third-order valence-corrected chi connectivity index (χ3v) is 5.82. The lowest BCUT2D eigenvalue weighted by Gasteiger charge is -2.52. The summed E-state index contributed by atoms with van der Waals surface area (Å²) in [6.45, 7) is 3.66. The normalized spacial score (nSPS) is 29.2. The molecule has 0 spiro atoms. The highest BCUT2D eigenvalue weighted by molar-refractivity contribution is 5.78. The van der Waals surface area contributed by atoms with Crippen molar-refractivity contribution in [3.63, 3.8) is 0 Å². The minimum Gasteiger partial charge on any atom is -0.349 e. The van der Waals surface area contributed by atoms with Crippen molar-refractivity contribution in [1.82, 2.24) is 20.1 Å². The molecule has 2 amide bonds. The molecule has 4 heterocycles. The zero-order valence-electron chi connectivity index (χ0n) is 14.6. The molecule has 2 bridgehead atoms. The molecule has 6 heteroatoms. The zero-order valence-corrected chi connectivity index (χ0v) is 14.6. The van der Waals surface area contributed by atoms with E-state index >= 15 is 0 Å². The van der Waals surface area contributed by atoms with Crippen LogP contribution >= 0.6 is 0 Å². The summed E-state index contributed by atoms with van der Waals surface area (Å²) < 4.78 is 0. The zero-order chi connectivity index (χ0) is 17.2. The maximum atomic E-state index is 12.3. The summed E-state index contributed by atoms with van der Waals surface area (Å²) in [5, 5.41) is 2.97. The average molecular weight is 342 g/mol. The fraction of sp³-hybridized carbons (Fsp3) is 0.632. The molecular weight excluding hydrogens is 316 g/mol. The minimum absolute atomic E-state index is 0.0576. The number of nitrogens with one attached hydrogen (secondary N) is 1. The Morgan fingerprint density at radius 2 is 2.20 bits per heavy atom. The van der Waals surface area contributed by atoms with Gasteiger partial charge in [-0.25, -0.2) is 0 Å². The third-order valence-electron chi connectivity index (χ3n) is 5.82. The Kier molecular flexibility index (Phi) is 4.70. The topological polar surface area (TPSA) is 65.5 Å². The van der Waals surface area contributed by atoms with Crippen molar-refractivity contribution < 1.29 is 9.59 Å². The van der Waals surface area contributed by atoms with E-state index in [4.69, 9.17) is 0 Å². The highest BCUT2D eigenvalue weighted by atomic mass is 16.2. The summed E-state index contributed by atoms with van der Waals surface area (Å²) in [5.74, 6) is 1.44. The summed E-state index contributed by atoms with van der Waals surface area (Å²) in [5.41, 5.74) is 0.878. The Hall–Kier alpha value is -1.95. The summed E-state index contributed by atoms with van der Waals surface area (Å²) >= 11 is 0. The van der Waals surface area contributed by atoms with Crippen LogP contribution in [-0.4, -0.2) is 58.8 Å². The second-order valence-corrected chi connectivity index (χ2v) is 7.66. The van der Waals surface area contributed by atoms with E-state index in [2.05, 4.69) is 20.1 Å². The molecule has 0 radical (unpaired) electrons. The van der Waals surface area contributed by atoms with Crippen LogP contribution in [0, 0.1) is 11.8 Å². The first-order valence-corrected chi connectivity index (χ1v) is 9.37. The lowest BCUT2D eigenvalue weighted by Crippen LogP contribution is -2.61. The first kappa shape index (κ1) is 16.5. The van der Waals surface area contributed by atoms with Gasteiger partial charge >= 0.3 is 0 Å². The third kappa shape index (κ3) is 3.68. The highest BCUT2D eigenvalue weighted by Gasteiger charge is 2.43. The second-order valence-electron chi connectivity index (χ2n) is 7.66. The number of hydrogen-bond acceptors (Lipinski definition) is 4. The summed E-state index contributed by atoms with van der Waals surface area (Å²) in [6.07, 6.45) is 5.81. The van der Waals surface area contributed by atoms with Crippen molar-refractivity contribution in [1.29, 1.82) is 0 Å². The summed E-state index contributed by atoms with van der Waals surface area (Å²) in [7, 11) is 0. The molecule has 0 aliphatic carbocycles. The monoisotopic (exact) mass is 342 g/mol. The first-order chi connectivity index (χ1) is 12.2. The lowest BCUT2D eigenvalue weighted by molar-refractivity contribution is -0.145. The van der Waals surface area contributed by atoms with E-state index in [9.17, 15) is 9.59 Å². The number of hydrogen-bond donors (Lipinski definition) is 1. The number of aromatic nitrogens is 1. The van der Waals surface area contributed by atoms with E-state index in [1.165, 1.54) is 6.42 Å². The van der Waals surface area contributed by atoms with E-state index in [1.54, 1.807) is 6.20 Å². The number of rotatable bonds is 4. The van der Waals surface area contributed by atoms with Crippen LogP contribution < -0.4 is 5.32 Å². The van der Waals surface area contributed by atoms with Crippen molar-refractivity contribution in [2.45, 2.75) is 38.3 Å². The predicted molar refractivity (Wildman–Crippen MR) is 93.5 cm³/mol. The summed E-state index contributed by atoms with van der Waals surface area (Å²) in [6, 6.07) is 6.12. The van der Waals surface area contributed by atoms with Crippen LogP contribution in [0.25, 0.3) is 0 Å². The average Bonchev–Trinajstić information content (AvgIpc) is 2.62. The van der Waals surface area contributed by atoms with Gasteiger partial charge in [0.05, 0.1) is 18.8 Å². The van der Waals surface area contributed by atoms with Gasteiger partial charge in [0, 0.05) is 38.3 Å². The molecule has 1 aromatic rings. The van der Waals surface area contributed by atoms with Gasteiger partial charge in [-0.15, -0.1) is 0 Å². The molecule has 1 aromatic heterocycles. The molecule has 4 rings (SSSR count). The molecule has 2 unspecified atom stereocenters. The molecule has 3 atom stereocenters. The van der Waals surface area contributed by atoms with Crippen LogP contribution in [-0.2, 0) is 16.1 Å². The molecule has 3 aliphatic heterocycles. The number of carbonyl (C=O) groups excluding carboxylic acids is 2. The molecule has 3 aliphatic rings. The highest BCUT2D eigenvalue weighted by Crippen LogP contribution is 2.37. The molecule has 25 heavy (non-hydrogen) atoms. The van der Waals surface area contributed by atoms with E-state index < -0.39 is 0 Å². The van der Waals surface area contributed by atoms with Crippen LogP contribution in [0.15, 0.2) is 24.4 Å². The molecule has 134 valence electrons. The Balaban J connectivity index is 1.31. The number of likely N-dealkylation sites (tertiary alicyclic amines) is 1. The van der Waals surface area contributed by atoms with Gasteiger partial charge in [-0.2, -0.15) is 0 Å². The largest absolute Gasteiger partial charge is 0.349 e. The fourth-order valence-electron chi connectivity index (χ4n) is 4.79. The van der Waals surface area contributed by atoms with Gasteiger partial charge < -0.3 is 10.2 Å². The molecular formula is C19H26N4O2. The first-order valence-electron chi connectivity index (χ1n) is 9.37. The quantitative estimate of drug-likeness (QED) is 0.888. The molecule has 0 saturated carbocycles. The van der Waals surface area contributed by atoms with Gasteiger partial charge in [0.25, 0.3) is 0 Å². The molecule has 3 saturated heterocycles. The van der Waals surface area contributed by atoms with E-state index in [0.717, 1.165) is 44.6 Å². The Morgan fingerprint density at radius 1 is 1.28 bits per heavy atom. The number of fused-ring (bicyclic) bond motifs is 4. The SMILES string of the molecule is O=C(CN1CC2CC(C1)[C@H]1CCCC(=O)N1C2)NCc1ccccn1. The van der Waals surface area contributed by atoms with Crippen LogP contribution in [0.1, 0.15) is 31.4 Å². The molecule has 0 aromatic carbocycles. The maximum absolute atomic E-state index is 12.3. The Morgan fingerprint density at radius 3 is 3.04 bits per heavy atom. The smallest absolute Gasteiger partial charge is 0.234 e. The number of carbonyl (C=O) groups is 2. The van der Waals surface area contributed by atoms with E-state index in [1.807, 2.05) is 18.2 Å². The fourth-order valence-corrected chi connectivity index (χ4v) is 4.79. The van der Waals surface area contributed by atoms with Gasteiger partial charge in [-0.3, -0.25) is 19.5 Å². The molecule has 3 fully saturated rings. The van der Waals surface area contributed by atoms with Gasteiger partial charge in [0.15, 0.2) is 0 Å². The minimum atomic E-state index is 0.0576. The number of piperidine rings is 3. The summed E-state index contributed by atoms with van der Waals surface area (Å²) in [4.78, 5) is 33.1. The predicted octanol–water partition coefficient (Wildman–Crippen LogP) is 1.03. The Labute approximate surface area is 148 Å². The van der Waals surface area contributed by atoms with Crippen molar-refractivity contribution in [3.8, 4) is 0 Å². The van der Waals surface area contributed by atoms with Gasteiger partial charge in [0.1, 0.15) is 0 Å². The number of amides is 2. The van der Waals surface area contributed by atoms with Crippen LogP contribution in [0.2, 0.25) is 0 Å². The Bertz CT molecular complexity index is 636. The van der Waals surface area contributed by atoms with Gasteiger partial charge in [0.2, 0.25) is 11.8 Å². The van der Waals surface area contributed by atoms with Crippen LogP contribution in [0.3, 0.4) is 0 Å². The van der Waals surface area contributed by atoms with Crippen molar-refractivity contribution in [2.75, 3.05) is 26.2 Å². The second kappa shape index (κ2) is 7.12.